The van der Waals surface area contributed by atoms with Crippen molar-refractivity contribution in [2.24, 2.45) is 0 Å². The van der Waals surface area contributed by atoms with Crippen LogP contribution in [-0.4, -0.2) is 24.0 Å². The first-order chi connectivity index (χ1) is 9.76. The van der Waals surface area contributed by atoms with E-state index in [-0.39, 0.29) is 18.1 Å². The molecule has 0 saturated heterocycles. The molecule has 0 aromatic heterocycles. The summed E-state index contributed by atoms with van der Waals surface area (Å²) in [6, 6.07) is 7.26. The third kappa shape index (κ3) is 8.24. The monoisotopic (exact) mass is 312 g/mol. The second kappa shape index (κ2) is 7.93. The Balaban J connectivity index is 2.32. The zero-order valence-corrected chi connectivity index (χ0v) is 13.3. The van der Waals surface area contributed by atoms with Gasteiger partial charge in [0.1, 0.15) is 11.4 Å². The molecule has 0 unspecified atom stereocenters. The molecule has 0 heterocycles. The number of nitrogens with two attached hydrogens (primary N) is 1. The van der Waals surface area contributed by atoms with Gasteiger partial charge in [0.15, 0.2) is 0 Å². The lowest BCUT2D eigenvalue weighted by molar-refractivity contribution is 0.0534. The molecule has 0 fully saturated rings. The van der Waals surface area contributed by atoms with Gasteiger partial charge in [-0.15, -0.1) is 11.8 Å². The van der Waals surface area contributed by atoms with Crippen molar-refractivity contribution in [2.45, 2.75) is 31.3 Å². The predicted molar refractivity (Wildman–Crippen MR) is 85.0 cm³/mol. The Kier molecular flexibility index (Phi) is 6.55. The summed E-state index contributed by atoms with van der Waals surface area (Å²) in [6.07, 6.45) is 0.762. The third-order valence-electron chi connectivity index (χ3n) is 2.20. The summed E-state index contributed by atoms with van der Waals surface area (Å²) in [5, 5.41) is 2.47. The Morgan fingerprint density at radius 1 is 1.48 bits per heavy atom. The third-order valence-corrected chi connectivity index (χ3v) is 3.21. The van der Waals surface area contributed by atoms with E-state index >= 15 is 0 Å². The fourth-order valence-electron chi connectivity index (χ4n) is 1.37. The van der Waals surface area contributed by atoms with Crippen LogP contribution in [0.5, 0.6) is 0 Å². The average molecular weight is 312 g/mol. The highest BCUT2D eigenvalue weighted by atomic mass is 32.2. The van der Waals surface area contributed by atoms with Crippen molar-refractivity contribution in [1.29, 1.82) is 0 Å². The molecule has 1 rings (SSSR count). The first kappa shape index (κ1) is 17.4. The minimum Gasteiger partial charge on any atom is -0.444 e. The van der Waals surface area contributed by atoms with Gasteiger partial charge in [-0.3, -0.25) is 0 Å². The van der Waals surface area contributed by atoms with Crippen LogP contribution in [-0.2, 0) is 4.74 Å². The second-order valence-corrected chi connectivity index (χ2v) is 6.44. The quantitative estimate of drug-likeness (QED) is 0.642. The minimum atomic E-state index is -0.560. The Morgan fingerprint density at radius 2 is 2.19 bits per heavy atom. The molecule has 0 bridgehead atoms. The molecule has 116 valence electrons. The molecule has 0 radical (unpaired) electrons. The van der Waals surface area contributed by atoms with Gasteiger partial charge < -0.3 is 15.8 Å². The standard InChI is InChI=1S/C15H21FN2O2S/c1-15(2,3)20-14(19)18-8-7-11(16)10-21-13-6-4-5-12(17)9-13/h4-7,9H,8,10,17H2,1-3H3,(H,18,19)/b11-7-. The summed E-state index contributed by atoms with van der Waals surface area (Å²) in [5.74, 6) is -0.113. The van der Waals surface area contributed by atoms with E-state index < -0.39 is 11.7 Å². The average Bonchev–Trinajstić information content (AvgIpc) is 2.34. The van der Waals surface area contributed by atoms with Gasteiger partial charge in [0.25, 0.3) is 0 Å². The van der Waals surface area contributed by atoms with Gasteiger partial charge >= 0.3 is 6.09 Å². The highest BCUT2D eigenvalue weighted by Gasteiger charge is 2.15. The Bertz CT molecular complexity index is 513. The number of carbonyl (C=O) groups excluding carboxylic acids is 1. The van der Waals surface area contributed by atoms with E-state index in [1.54, 1.807) is 32.9 Å². The first-order valence-corrected chi connectivity index (χ1v) is 7.54. The molecule has 4 nitrogen and oxygen atoms in total. The van der Waals surface area contributed by atoms with Gasteiger partial charge in [-0.2, -0.15) is 0 Å². The fraction of sp³-hybridized carbons (Fsp3) is 0.400. The van der Waals surface area contributed by atoms with Gasteiger partial charge in [0, 0.05) is 22.9 Å². The zero-order chi connectivity index (χ0) is 15.9. The predicted octanol–water partition coefficient (Wildman–Crippen LogP) is 3.74. The topological polar surface area (TPSA) is 64.3 Å². The molecule has 1 aromatic carbocycles. The van der Waals surface area contributed by atoms with E-state index in [0.29, 0.717) is 5.69 Å². The van der Waals surface area contributed by atoms with E-state index in [0.717, 1.165) is 4.90 Å². The fourth-order valence-corrected chi connectivity index (χ4v) is 2.19. The van der Waals surface area contributed by atoms with E-state index in [4.69, 9.17) is 10.5 Å². The number of benzene rings is 1. The number of carbonyl (C=O) groups is 1. The number of hydrogen-bond donors (Lipinski definition) is 2. The number of anilines is 1. The van der Waals surface area contributed by atoms with Gasteiger partial charge in [-0.1, -0.05) is 6.07 Å². The number of thioether (sulfide) groups is 1. The van der Waals surface area contributed by atoms with Crippen molar-refractivity contribution in [3.05, 3.63) is 36.2 Å². The smallest absolute Gasteiger partial charge is 0.407 e. The molecular weight excluding hydrogens is 291 g/mol. The van der Waals surface area contributed by atoms with E-state index in [1.807, 2.05) is 12.1 Å². The van der Waals surface area contributed by atoms with Crippen LogP contribution in [0, 0.1) is 0 Å². The van der Waals surface area contributed by atoms with Crippen molar-refractivity contribution < 1.29 is 13.9 Å². The number of nitrogen functional groups attached to an aromatic ring is 1. The van der Waals surface area contributed by atoms with Crippen molar-refractivity contribution in [3.8, 4) is 0 Å². The van der Waals surface area contributed by atoms with Crippen molar-refractivity contribution in [1.82, 2.24) is 5.32 Å². The van der Waals surface area contributed by atoms with Crippen LogP contribution >= 0.6 is 11.8 Å². The summed E-state index contributed by atoms with van der Waals surface area (Å²) < 4.78 is 18.6. The number of hydrogen-bond acceptors (Lipinski definition) is 4. The molecule has 1 aromatic rings. The lowest BCUT2D eigenvalue weighted by Gasteiger charge is -2.19. The minimum absolute atomic E-state index is 0.0955. The highest BCUT2D eigenvalue weighted by Crippen LogP contribution is 2.22. The van der Waals surface area contributed by atoms with E-state index in [1.165, 1.54) is 17.8 Å². The second-order valence-electron chi connectivity index (χ2n) is 5.39. The van der Waals surface area contributed by atoms with Crippen molar-refractivity contribution >= 4 is 23.5 Å². The molecule has 1 amide bonds. The number of amides is 1. The van der Waals surface area contributed by atoms with Gasteiger partial charge in [0.05, 0.1) is 0 Å². The number of ether oxygens (including phenoxy) is 1. The lowest BCUT2D eigenvalue weighted by atomic mass is 10.2. The van der Waals surface area contributed by atoms with Crippen molar-refractivity contribution in [3.63, 3.8) is 0 Å². The molecule has 3 N–H and O–H groups in total. The van der Waals surface area contributed by atoms with Crippen LogP contribution < -0.4 is 11.1 Å². The van der Waals surface area contributed by atoms with Gasteiger partial charge in [0.2, 0.25) is 0 Å². The van der Waals surface area contributed by atoms with Crippen LogP contribution in [0.2, 0.25) is 0 Å². The molecule has 0 saturated carbocycles. The van der Waals surface area contributed by atoms with E-state index in [9.17, 15) is 9.18 Å². The summed E-state index contributed by atoms with van der Waals surface area (Å²) >= 11 is 1.34. The summed E-state index contributed by atoms with van der Waals surface area (Å²) in [7, 11) is 0. The normalized spacial score (nSPS) is 12.1. The van der Waals surface area contributed by atoms with Gasteiger partial charge in [-0.25, -0.2) is 9.18 Å². The number of halogens is 1. The number of alkyl carbamates (subject to hydrolysis) is 1. The Hall–Kier alpha value is -1.69. The molecule has 0 atom stereocenters. The first-order valence-electron chi connectivity index (χ1n) is 6.56. The summed E-state index contributed by atoms with van der Waals surface area (Å²) in [5.41, 5.74) is 5.73. The molecular formula is C15H21FN2O2S. The van der Waals surface area contributed by atoms with Crippen LogP contribution in [0.25, 0.3) is 0 Å². The molecule has 0 aliphatic carbocycles. The van der Waals surface area contributed by atoms with E-state index in [2.05, 4.69) is 5.32 Å². The number of rotatable bonds is 5. The molecule has 0 aliphatic rings. The maximum absolute atomic E-state index is 13.6. The molecule has 0 spiro atoms. The molecule has 21 heavy (non-hydrogen) atoms. The Labute approximate surface area is 128 Å². The highest BCUT2D eigenvalue weighted by molar-refractivity contribution is 7.99. The maximum Gasteiger partial charge on any atom is 0.407 e. The van der Waals surface area contributed by atoms with Crippen LogP contribution in [0.4, 0.5) is 14.9 Å². The van der Waals surface area contributed by atoms with Crippen LogP contribution in [0.15, 0.2) is 41.1 Å². The van der Waals surface area contributed by atoms with Crippen LogP contribution in [0.1, 0.15) is 20.8 Å². The summed E-state index contributed by atoms with van der Waals surface area (Å²) in [6.45, 7) is 5.40. The Morgan fingerprint density at radius 3 is 2.81 bits per heavy atom. The SMILES string of the molecule is CC(C)(C)OC(=O)NC/C=C(\F)CSc1cccc(N)c1. The maximum atomic E-state index is 13.6. The largest absolute Gasteiger partial charge is 0.444 e. The molecule has 6 heteroatoms. The lowest BCUT2D eigenvalue weighted by Crippen LogP contribution is -2.32. The number of nitrogens with one attached hydrogen (secondary N) is 1. The van der Waals surface area contributed by atoms with Crippen molar-refractivity contribution in [2.75, 3.05) is 18.0 Å². The molecule has 0 aliphatic heterocycles. The zero-order valence-electron chi connectivity index (χ0n) is 12.5. The van der Waals surface area contributed by atoms with Crippen LogP contribution in [0.3, 0.4) is 0 Å². The summed E-state index contributed by atoms with van der Waals surface area (Å²) in [4.78, 5) is 12.3. The van der Waals surface area contributed by atoms with Gasteiger partial charge in [-0.05, 0) is 45.0 Å².